The molecule has 1 aromatic carbocycles. The molecule has 0 aliphatic heterocycles. The predicted molar refractivity (Wildman–Crippen MR) is 92.3 cm³/mol. The van der Waals surface area contributed by atoms with E-state index in [2.05, 4.69) is 20.5 Å². The van der Waals surface area contributed by atoms with Crippen molar-refractivity contribution in [3.63, 3.8) is 0 Å². The number of nitrogens with zero attached hydrogens (tertiary/aromatic N) is 4. The SMILES string of the molecule is O=C(Nc1ncc(Cc2cccc(F)c2)s1)c1ccc2nncn2c1. The van der Waals surface area contributed by atoms with Gasteiger partial charge in [-0.05, 0) is 29.8 Å². The van der Waals surface area contributed by atoms with Gasteiger partial charge in [-0.15, -0.1) is 21.5 Å². The van der Waals surface area contributed by atoms with E-state index in [1.165, 1.54) is 29.8 Å². The Bertz CT molecular complexity index is 1060. The second-order valence-corrected chi connectivity index (χ2v) is 6.52. The molecule has 25 heavy (non-hydrogen) atoms. The third-order valence-electron chi connectivity index (χ3n) is 3.59. The zero-order chi connectivity index (χ0) is 17.2. The van der Waals surface area contributed by atoms with Crippen molar-refractivity contribution in [2.45, 2.75) is 6.42 Å². The van der Waals surface area contributed by atoms with Crippen molar-refractivity contribution in [1.29, 1.82) is 0 Å². The van der Waals surface area contributed by atoms with Crippen LogP contribution in [0.15, 0.2) is 55.1 Å². The van der Waals surface area contributed by atoms with Gasteiger partial charge in [0.15, 0.2) is 10.8 Å². The zero-order valence-electron chi connectivity index (χ0n) is 12.9. The molecule has 3 aromatic heterocycles. The fourth-order valence-electron chi connectivity index (χ4n) is 2.43. The molecule has 124 valence electrons. The van der Waals surface area contributed by atoms with Crippen LogP contribution >= 0.6 is 11.3 Å². The van der Waals surface area contributed by atoms with Gasteiger partial charge in [0.05, 0.1) is 5.56 Å². The Morgan fingerprint density at radius 2 is 2.20 bits per heavy atom. The molecule has 0 aliphatic carbocycles. The van der Waals surface area contributed by atoms with Gasteiger partial charge < -0.3 is 0 Å². The molecule has 0 spiro atoms. The van der Waals surface area contributed by atoms with E-state index in [9.17, 15) is 9.18 Å². The van der Waals surface area contributed by atoms with Crippen LogP contribution in [-0.4, -0.2) is 25.5 Å². The molecule has 1 N–H and O–H groups in total. The van der Waals surface area contributed by atoms with Crippen LogP contribution in [0.1, 0.15) is 20.8 Å². The molecule has 4 rings (SSSR count). The molecule has 0 aliphatic rings. The molecule has 0 saturated carbocycles. The summed E-state index contributed by atoms with van der Waals surface area (Å²) in [5.41, 5.74) is 2.01. The summed E-state index contributed by atoms with van der Waals surface area (Å²) in [5.74, 6) is -0.526. The molecule has 0 bridgehead atoms. The fourth-order valence-corrected chi connectivity index (χ4v) is 3.27. The Balaban J connectivity index is 1.47. The van der Waals surface area contributed by atoms with Crippen molar-refractivity contribution in [2.24, 2.45) is 0 Å². The largest absolute Gasteiger partial charge is 0.298 e. The van der Waals surface area contributed by atoms with Crippen molar-refractivity contribution in [2.75, 3.05) is 5.32 Å². The molecule has 4 aromatic rings. The van der Waals surface area contributed by atoms with E-state index >= 15 is 0 Å². The Kier molecular flexibility index (Phi) is 3.95. The number of carbonyl (C=O) groups excluding carboxylic acids is 1. The van der Waals surface area contributed by atoms with Gasteiger partial charge in [-0.1, -0.05) is 12.1 Å². The summed E-state index contributed by atoms with van der Waals surface area (Å²) in [6, 6.07) is 9.84. The summed E-state index contributed by atoms with van der Waals surface area (Å²) in [4.78, 5) is 17.5. The van der Waals surface area contributed by atoms with Gasteiger partial charge in [-0.3, -0.25) is 14.5 Å². The highest BCUT2D eigenvalue weighted by molar-refractivity contribution is 7.15. The summed E-state index contributed by atoms with van der Waals surface area (Å²) in [6.07, 6.45) is 5.45. The third kappa shape index (κ3) is 3.38. The van der Waals surface area contributed by atoms with Crippen LogP contribution in [0, 0.1) is 5.82 Å². The summed E-state index contributed by atoms with van der Waals surface area (Å²) < 4.78 is 14.9. The summed E-state index contributed by atoms with van der Waals surface area (Å²) in [6.45, 7) is 0. The number of hydrogen-bond acceptors (Lipinski definition) is 5. The van der Waals surface area contributed by atoms with Gasteiger partial charge in [0.2, 0.25) is 0 Å². The minimum atomic E-state index is -0.264. The lowest BCUT2D eigenvalue weighted by Gasteiger charge is -2.02. The van der Waals surface area contributed by atoms with Crippen molar-refractivity contribution in [3.05, 3.63) is 76.9 Å². The van der Waals surface area contributed by atoms with Crippen molar-refractivity contribution in [1.82, 2.24) is 19.6 Å². The first-order valence-corrected chi connectivity index (χ1v) is 8.29. The number of benzene rings is 1. The minimum absolute atomic E-state index is 0.262. The van der Waals surface area contributed by atoms with Crippen molar-refractivity contribution >= 4 is 28.0 Å². The first-order valence-electron chi connectivity index (χ1n) is 7.47. The van der Waals surface area contributed by atoms with Gasteiger partial charge in [0.25, 0.3) is 5.91 Å². The van der Waals surface area contributed by atoms with Gasteiger partial charge in [-0.2, -0.15) is 0 Å². The van der Waals surface area contributed by atoms with E-state index in [-0.39, 0.29) is 11.7 Å². The van der Waals surface area contributed by atoms with Crippen LogP contribution in [0.2, 0.25) is 0 Å². The molecular formula is C17H12FN5OS. The average molecular weight is 353 g/mol. The monoisotopic (exact) mass is 353 g/mol. The summed E-state index contributed by atoms with van der Waals surface area (Å²) in [7, 11) is 0. The maximum Gasteiger partial charge on any atom is 0.258 e. The Morgan fingerprint density at radius 1 is 1.28 bits per heavy atom. The number of fused-ring (bicyclic) bond motifs is 1. The van der Waals surface area contributed by atoms with E-state index in [0.29, 0.717) is 22.8 Å². The molecule has 0 radical (unpaired) electrons. The second-order valence-electron chi connectivity index (χ2n) is 5.41. The molecule has 0 saturated heterocycles. The van der Waals surface area contributed by atoms with Crippen molar-refractivity contribution in [3.8, 4) is 0 Å². The molecule has 8 heteroatoms. The van der Waals surface area contributed by atoms with Crippen LogP contribution in [0.4, 0.5) is 9.52 Å². The normalized spacial score (nSPS) is 10.9. The molecule has 0 unspecified atom stereocenters. The Morgan fingerprint density at radius 3 is 3.08 bits per heavy atom. The van der Waals surface area contributed by atoms with Gasteiger partial charge >= 0.3 is 0 Å². The van der Waals surface area contributed by atoms with E-state index < -0.39 is 0 Å². The standard InChI is InChI=1S/C17H12FN5OS/c18-13-3-1-2-11(6-13)7-14-8-19-17(25-14)21-16(24)12-4-5-15-22-20-10-23(15)9-12/h1-6,8-10H,7H2,(H,19,21,24). The Labute approximate surface area is 146 Å². The average Bonchev–Trinajstić information content (AvgIpc) is 3.23. The number of pyridine rings is 1. The quantitative estimate of drug-likeness (QED) is 0.612. The summed E-state index contributed by atoms with van der Waals surface area (Å²) in [5, 5.41) is 10.9. The van der Waals surface area contributed by atoms with Gasteiger partial charge in [0, 0.05) is 23.7 Å². The number of nitrogens with one attached hydrogen (secondary N) is 1. The smallest absolute Gasteiger partial charge is 0.258 e. The van der Waals surface area contributed by atoms with E-state index in [1.54, 1.807) is 35.0 Å². The molecule has 3 heterocycles. The van der Waals surface area contributed by atoms with Crippen LogP contribution in [0.5, 0.6) is 0 Å². The van der Waals surface area contributed by atoms with Crippen LogP contribution in [-0.2, 0) is 6.42 Å². The highest BCUT2D eigenvalue weighted by atomic mass is 32.1. The molecule has 0 atom stereocenters. The lowest BCUT2D eigenvalue weighted by Crippen LogP contribution is -2.12. The first kappa shape index (κ1) is 15.4. The molecule has 6 nitrogen and oxygen atoms in total. The molecule has 0 fully saturated rings. The molecule has 1 amide bonds. The van der Waals surface area contributed by atoms with E-state index in [0.717, 1.165) is 10.4 Å². The number of carbonyl (C=O) groups is 1. The third-order valence-corrected chi connectivity index (χ3v) is 4.51. The van der Waals surface area contributed by atoms with Gasteiger partial charge in [0.1, 0.15) is 12.1 Å². The topological polar surface area (TPSA) is 72.2 Å². The predicted octanol–water partition coefficient (Wildman–Crippen LogP) is 3.17. The van der Waals surface area contributed by atoms with Crippen LogP contribution in [0.3, 0.4) is 0 Å². The first-order chi connectivity index (χ1) is 12.2. The highest BCUT2D eigenvalue weighted by Crippen LogP contribution is 2.22. The van der Waals surface area contributed by atoms with Crippen LogP contribution in [0.25, 0.3) is 5.65 Å². The number of halogens is 1. The van der Waals surface area contributed by atoms with Gasteiger partial charge in [-0.25, -0.2) is 9.37 Å². The lowest BCUT2D eigenvalue weighted by atomic mass is 10.1. The summed E-state index contributed by atoms with van der Waals surface area (Å²) >= 11 is 1.36. The number of hydrogen-bond donors (Lipinski definition) is 1. The highest BCUT2D eigenvalue weighted by Gasteiger charge is 2.11. The number of rotatable bonds is 4. The van der Waals surface area contributed by atoms with E-state index in [4.69, 9.17) is 0 Å². The van der Waals surface area contributed by atoms with Crippen LogP contribution < -0.4 is 5.32 Å². The number of thiazole rings is 1. The van der Waals surface area contributed by atoms with E-state index in [1.807, 2.05) is 6.07 Å². The lowest BCUT2D eigenvalue weighted by molar-refractivity contribution is 0.102. The minimum Gasteiger partial charge on any atom is -0.298 e. The Hall–Kier alpha value is -3.13. The fraction of sp³-hybridized carbons (Fsp3) is 0.0588. The molecular weight excluding hydrogens is 341 g/mol. The number of amides is 1. The number of anilines is 1. The van der Waals surface area contributed by atoms with Crippen molar-refractivity contribution < 1.29 is 9.18 Å². The maximum atomic E-state index is 13.2. The zero-order valence-corrected chi connectivity index (χ0v) is 13.7. The number of aromatic nitrogens is 4. The second kappa shape index (κ2) is 6.40. The maximum absolute atomic E-state index is 13.2.